The van der Waals surface area contributed by atoms with Crippen LogP contribution in [0.15, 0.2) is 22.6 Å². The van der Waals surface area contributed by atoms with E-state index in [0.717, 1.165) is 6.07 Å². The van der Waals surface area contributed by atoms with Crippen molar-refractivity contribution in [3.63, 3.8) is 0 Å². The molecule has 0 bridgehead atoms. The number of hydrogen-bond acceptors (Lipinski definition) is 4. The molecule has 0 aliphatic carbocycles. The summed E-state index contributed by atoms with van der Waals surface area (Å²) in [4.78, 5) is 11.4. The molecule has 1 aromatic carbocycles. The second-order valence-electron chi connectivity index (χ2n) is 3.28. The number of halogens is 1. The molecule has 2 N–H and O–H groups in total. The maximum atomic E-state index is 13.2. The van der Waals surface area contributed by atoms with Gasteiger partial charge in [0.15, 0.2) is 0 Å². The normalized spacial score (nSPS) is 10.7. The molecule has 0 saturated carbocycles. The molecule has 2 rings (SSSR count). The molecule has 16 heavy (non-hydrogen) atoms. The SMILES string of the molecule is COC(=O)c1cc(F)cc2cc(CN)oc12. The van der Waals surface area contributed by atoms with E-state index in [1.54, 1.807) is 6.07 Å². The van der Waals surface area contributed by atoms with Crippen molar-refractivity contribution in [2.45, 2.75) is 6.54 Å². The summed E-state index contributed by atoms with van der Waals surface area (Å²) in [6, 6.07) is 3.97. The number of fused-ring (bicyclic) bond motifs is 1. The van der Waals surface area contributed by atoms with Crippen LogP contribution in [0, 0.1) is 5.82 Å². The van der Waals surface area contributed by atoms with Crippen LogP contribution in [0.5, 0.6) is 0 Å². The molecule has 1 heterocycles. The highest BCUT2D eigenvalue weighted by atomic mass is 19.1. The van der Waals surface area contributed by atoms with Gasteiger partial charge in [-0.15, -0.1) is 0 Å². The Morgan fingerprint density at radius 3 is 2.88 bits per heavy atom. The van der Waals surface area contributed by atoms with Gasteiger partial charge in [-0.05, 0) is 18.2 Å². The van der Waals surface area contributed by atoms with Gasteiger partial charge >= 0.3 is 5.97 Å². The van der Waals surface area contributed by atoms with Gasteiger partial charge in [0.05, 0.1) is 13.7 Å². The first-order valence-corrected chi connectivity index (χ1v) is 4.66. The van der Waals surface area contributed by atoms with E-state index in [4.69, 9.17) is 10.2 Å². The molecule has 0 unspecified atom stereocenters. The van der Waals surface area contributed by atoms with E-state index in [-0.39, 0.29) is 12.1 Å². The molecule has 0 fully saturated rings. The predicted molar refractivity (Wildman–Crippen MR) is 55.4 cm³/mol. The Kier molecular flexibility index (Phi) is 2.62. The maximum absolute atomic E-state index is 13.2. The molecule has 0 aliphatic heterocycles. The van der Waals surface area contributed by atoms with E-state index in [9.17, 15) is 9.18 Å². The maximum Gasteiger partial charge on any atom is 0.341 e. The lowest BCUT2D eigenvalue weighted by Gasteiger charge is -2.00. The van der Waals surface area contributed by atoms with Gasteiger partial charge < -0.3 is 14.9 Å². The number of hydrogen-bond donors (Lipinski definition) is 1. The molecule has 0 saturated heterocycles. The second-order valence-corrected chi connectivity index (χ2v) is 3.28. The fourth-order valence-corrected chi connectivity index (χ4v) is 1.53. The fraction of sp³-hybridized carbons (Fsp3) is 0.182. The van der Waals surface area contributed by atoms with E-state index >= 15 is 0 Å². The van der Waals surface area contributed by atoms with E-state index in [0.29, 0.717) is 16.7 Å². The van der Waals surface area contributed by atoms with Gasteiger partial charge in [0, 0.05) is 5.39 Å². The molecular formula is C11H10FNO3. The van der Waals surface area contributed by atoms with Gasteiger partial charge in [-0.2, -0.15) is 0 Å². The molecular weight excluding hydrogens is 213 g/mol. The summed E-state index contributed by atoms with van der Waals surface area (Å²) < 4.78 is 23.1. The zero-order valence-electron chi connectivity index (χ0n) is 8.62. The summed E-state index contributed by atoms with van der Waals surface area (Å²) in [6.07, 6.45) is 0. The number of esters is 1. The monoisotopic (exact) mass is 223 g/mol. The Balaban J connectivity index is 2.70. The molecule has 0 radical (unpaired) electrons. The van der Waals surface area contributed by atoms with Crippen LogP contribution in [0.25, 0.3) is 11.0 Å². The largest absolute Gasteiger partial charge is 0.465 e. The summed E-state index contributed by atoms with van der Waals surface area (Å²) in [5.41, 5.74) is 5.77. The van der Waals surface area contributed by atoms with E-state index in [2.05, 4.69) is 4.74 Å². The topological polar surface area (TPSA) is 65.5 Å². The molecule has 0 spiro atoms. The molecule has 1 aromatic heterocycles. The Morgan fingerprint density at radius 1 is 1.50 bits per heavy atom. The number of rotatable bonds is 2. The Hall–Kier alpha value is -1.88. The zero-order valence-corrected chi connectivity index (χ0v) is 8.62. The van der Waals surface area contributed by atoms with Gasteiger partial charge in [-0.25, -0.2) is 9.18 Å². The number of carbonyl (C=O) groups is 1. The van der Waals surface area contributed by atoms with E-state index in [1.807, 2.05) is 0 Å². The van der Waals surface area contributed by atoms with Crippen LogP contribution in [-0.2, 0) is 11.3 Å². The van der Waals surface area contributed by atoms with Gasteiger partial charge in [0.1, 0.15) is 22.7 Å². The molecule has 0 atom stereocenters. The second kappa shape index (κ2) is 3.94. The summed E-state index contributed by atoms with van der Waals surface area (Å²) in [7, 11) is 1.23. The van der Waals surface area contributed by atoms with E-state index in [1.165, 1.54) is 13.2 Å². The molecule has 5 heteroatoms. The van der Waals surface area contributed by atoms with Crippen molar-refractivity contribution in [3.05, 3.63) is 35.3 Å². The number of carbonyl (C=O) groups excluding carboxylic acids is 1. The van der Waals surface area contributed by atoms with Crippen LogP contribution in [0.1, 0.15) is 16.1 Å². The van der Waals surface area contributed by atoms with Crippen molar-refractivity contribution >= 4 is 16.9 Å². The molecule has 0 aliphatic rings. The van der Waals surface area contributed by atoms with Crippen LogP contribution in [0.3, 0.4) is 0 Å². The first kappa shape index (κ1) is 10.6. The number of benzene rings is 1. The van der Waals surface area contributed by atoms with Crippen LogP contribution < -0.4 is 5.73 Å². The standard InChI is InChI=1S/C11H10FNO3/c1-15-11(14)9-4-7(12)2-6-3-8(5-13)16-10(6)9/h2-4H,5,13H2,1H3. The van der Waals surface area contributed by atoms with Crippen molar-refractivity contribution in [3.8, 4) is 0 Å². The molecule has 2 aromatic rings. The highest BCUT2D eigenvalue weighted by molar-refractivity contribution is 6.02. The minimum atomic E-state index is -0.637. The summed E-state index contributed by atoms with van der Waals surface area (Å²) >= 11 is 0. The summed E-state index contributed by atoms with van der Waals surface area (Å²) in [5.74, 6) is -0.662. The number of furan rings is 1. The average Bonchev–Trinajstić information content (AvgIpc) is 2.69. The highest BCUT2D eigenvalue weighted by Gasteiger charge is 2.16. The molecule has 0 amide bonds. The van der Waals surface area contributed by atoms with Crippen LogP contribution in [0.2, 0.25) is 0 Å². The lowest BCUT2D eigenvalue weighted by molar-refractivity contribution is 0.0601. The Morgan fingerprint density at radius 2 is 2.25 bits per heavy atom. The lowest BCUT2D eigenvalue weighted by Crippen LogP contribution is -2.02. The Bertz CT molecular complexity index is 547. The van der Waals surface area contributed by atoms with Gasteiger partial charge in [-0.3, -0.25) is 0 Å². The quantitative estimate of drug-likeness (QED) is 0.788. The fourth-order valence-electron chi connectivity index (χ4n) is 1.53. The minimum absolute atomic E-state index is 0.0669. The van der Waals surface area contributed by atoms with Crippen LogP contribution in [0.4, 0.5) is 4.39 Å². The van der Waals surface area contributed by atoms with Crippen molar-refractivity contribution in [1.82, 2.24) is 0 Å². The number of ether oxygens (including phenoxy) is 1. The third-order valence-electron chi connectivity index (χ3n) is 2.24. The third kappa shape index (κ3) is 1.65. The van der Waals surface area contributed by atoms with Crippen LogP contribution in [-0.4, -0.2) is 13.1 Å². The Labute approximate surface area is 90.8 Å². The average molecular weight is 223 g/mol. The minimum Gasteiger partial charge on any atom is -0.465 e. The van der Waals surface area contributed by atoms with Crippen molar-refractivity contribution in [1.29, 1.82) is 0 Å². The first-order valence-electron chi connectivity index (χ1n) is 4.66. The highest BCUT2D eigenvalue weighted by Crippen LogP contribution is 2.25. The van der Waals surface area contributed by atoms with Crippen molar-refractivity contribution in [2.24, 2.45) is 5.73 Å². The zero-order chi connectivity index (χ0) is 11.7. The smallest absolute Gasteiger partial charge is 0.341 e. The number of nitrogens with two attached hydrogens (primary N) is 1. The lowest BCUT2D eigenvalue weighted by atomic mass is 10.1. The van der Waals surface area contributed by atoms with Gasteiger partial charge in [0.2, 0.25) is 0 Å². The first-order chi connectivity index (χ1) is 7.65. The number of methoxy groups -OCH3 is 1. The van der Waals surface area contributed by atoms with Crippen LogP contribution >= 0.6 is 0 Å². The van der Waals surface area contributed by atoms with E-state index < -0.39 is 11.8 Å². The third-order valence-corrected chi connectivity index (χ3v) is 2.24. The van der Waals surface area contributed by atoms with Crippen molar-refractivity contribution in [2.75, 3.05) is 7.11 Å². The van der Waals surface area contributed by atoms with Gasteiger partial charge in [0.25, 0.3) is 0 Å². The van der Waals surface area contributed by atoms with Crippen molar-refractivity contribution < 1.29 is 18.3 Å². The summed E-state index contributed by atoms with van der Waals surface area (Å²) in [5, 5.41) is 0.501. The summed E-state index contributed by atoms with van der Waals surface area (Å²) in [6.45, 7) is 0.191. The predicted octanol–water partition coefficient (Wildman–Crippen LogP) is 1.82. The van der Waals surface area contributed by atoms with Gasteiger partial charge in [-0.1, -0.05) is 0 Å². The molecule has 4 nitrogen and oxygen atoms in total. The molecule has 84 valence electrons.